The van der Waals surface area contributed by atoms with E-state index >= 15 is 0 Å². The van der Waals surface area contributed by atoms with Gasteiger partial charge in [0.05, 0.1) is 23.6 Å². The number of hydrogen-bond donors (Lipinski definition) is 0. The zero-order chi connectivity index (χ0) is 17.8. The third-order valence-electron chi connectivity index (χ3n) is 4.84. The van der Waals surface area contributed by atoms with Crippen LogP contribution < -0.4 is 14.4 Å². The molecule has 3 heterocycles. The normalized spacial score (nSPS) is 27.1. The molecule has 3 aliphatic rings. The summed E-state index contributed by atoms with van der Waals surface area (Å²) >= 11 is 5.73. The number of anilines is 1. The Morgan fingerprint density at radius 3 is 2.56 bits per heavy atom. The van der Waals surface area contributed by atoms with E-state index in [0.29, 0.717) is 30.0 Å². The lowest BCUT2D eigenvalue weighted by Crippen LogP contribution is -2.39. The van der Waals surface area contributed by atoms with Crippen LogP contribution in [0, 0.1) is 5.92 Å². The first-order valence-electron chi connectivity index (χ1n) is 8.55. The highest BCUT2D eigenvalue weighted by molar-refractivity contribution is 7.91. The van der Waals surface area contributed by atoms with Crippen molar-refractivity contribution in [2.75, 3.05) is 36.2 Å². The van der Waals surface area contributed by atoms with E-state index in [2.05, 4.69) is 18.7 Å². The van der Waals surface area contributed by atoms with Crippen LogP contribution in [-0.2, 0) is 9.84 Å². The molecule has 2 atom stereocenters. The average Bonchev–Trinajstić information content (AvgIpc) is 2.98. The summed E-state index contributed by atoms with van der Waals surface area (Å²) in [6.07, 6.45) is 0. The Balaban J connectivity index is 1.71. The summed E-state index contributed by atoms with van der Waals surface area (Å²) in [5.41, 5.74) is 0.868. The molecule has 1 aromatic carbocycles. The second-order valence-electron chi connectivity index (χ2n) is 7.24. The van der Waals surface area contributed by atoms with E-state index in [0.717, 1.165) is 18.0 Å². The van der Waals surface area contributed by atoms with Gasteiger partial charge in [0.15, 0.2) is 26.4 Å². The van der Waals surface area contributed by atoms with Crippen LogP contribution >= 0.6 is 12.2 Å². The van der Waals surface area contributed by atoms with Crippen LogP contribution in [-0.4, -0.2) is 61.8 Å². The standard InChI is InChI=1S/C17H22N2O4S2/c1-11(2)8-18-13-9-25(20,21)10-14(13)19(17(18)24)12-3-4-15-16(7-12)23-6-5-22-15/h3-4,7,11,13-14H,5-6,8-10H2,1-2H3/t13-,14+/m0/s1. The molecule has 2 fully saturated rings. The number of hydrogen-bond acceptors (Lipinski definition) is 5. The van der Waals surface area contributed by atoms with E-state index in [-0.39, 0.29) is 23.6 Å². The Morgan fingerprint density at radius 2 is 1.84 bits per heavy atom. The lowest BCUT2D eigenvalue weighted by molar-refractivity contribution is 0.171. The lowest BCUT2D eigenvalue weighted by atomic mass is 10.1. The van der Waals surface area contributed by atoms with Gasteiger partial charge in [0, 0.05) is 18.3 Å². The van der Waals surface area contributed by atoms with Gasteiger partial charge in [-0.15, -0.1) is 0 Å². The predicted octanol–water partition coefficient (Wildman–Crippen LogP) is 1.69. The molecule has 0 radical (unpaired) electrons. The minimum absolute atomic E-state index is 0.0758. The van der Waals surface area contributed by atoms with Gasteiger partial charge < -0.3 is 19.3 Å². The van der Waals surface area contributed by atoms with E-state index in [1.165, 1.54) is 0 Å². The maximum Gasteiger partial charge on any atom is 0.176 e. The first kappa shape index (κ1) is 16.9. The van der Waals surface area contributed by atoms with Gasteiger partial charge in [0.1, 0.15) is 13.2 Å². The van der Waals surface area contributed by atoms with Crippen LogP contribution in [0.4, 0.5) is 5.69 Å². The molecule has 0 aliphatic carbocycles. The highest BCUT2D eigenvalue weighted by Gasteiger charge is 2.52. The highest BCUT2D eigenvalue weighted by atomic mass is 32.2. The first-order chi connectivity index (χ1) is 11.9. The molecule has 136 valence electrons. The largest absolute Gasteiger partial charge is 0.486 e. The van der Waals surface area contributed by atoms with Gasteiger partial charge in [-0.3, -0.25) is 0 Å². The number of rotatable bonds is 3. The Morgan fingerprint density at radius 1 is 1.16 bits per heavy atom. The van der Waals surface area contributed by atoms with Gasteiger partial charge in [0.25, 0.3) is 0 Å². The molecule has 1 aromatic rings. The summed E-state index contributed by atoms with van der Waals surface area (Å²) in [5.74, 6) is 2.12. The van der Waals surface area contributed by atoms with E-state index in [9.17, 15) is 8.42 Å². The van der Waals surface area contributed by atoms with Crippen molar-refractivity contribution in [1.29, 1.82) is 0 Å². The highest BCUT2D eigenvalue weighted by Crippen LogP contribution is 2.40. The number of ether oxygens (including phenoxy) is 2. The number of benzene rings is 1. The van der Waals surface area contributed by atoms with Crippen molar-refractivity contribution in [2.45, 2.75) is 25.9 Å². The quantitative estimate of drug-likeness (QED) is 0.737. The number of thiocarbonyl (C=S) groups is 1. The molecule has 25 heavy (non-hydrogen) atoms. The summed E-state index contributed by atoms with van der Waals surface area (Å²) in [7, 11) is -3.05. The fraction of sp³-hybridized carbons (Fsp3) is 0.588. The van der Waals surface area contributed by atoms with Crippen molar-refractivity contribution in [2.24, 2.45) is 5.92 Å². The molecule has 0 unspecified atom stereocenters. The summed E-state index contributed by atoms with van der Waals surface area (Å²) < 4.78 is 35.8. The van der Waals surface area contributed by atoms with Crippen molar-refractivity contribution in [1.82, 2.24) is 4.90 Å². The molecule has 3 aliphatic heterocycles. The Hall–Kier alpha value is -1.54. The molecular weight excluding hydrogens is 360 g/mol. The number of fused-ring (bicyclic) bond motifs is 2. The second kappa shape index (κ2) is 6.02. The molecule has 0 aromatic heterocycles. The first-order valence-corrected chi connectivity index (χ1v) is 10.8. The zero-order valence-electron chi connectivity index (χ0n) is 14.3. The molecule has 0 bridgehead atoms. The van der Waals surface area contributed by atoms with E-state index in [1.807, 2.05) is 23.1 Å². The smallest absolute Gasteiger partial charge is 0.176 e. The Bertz CT molecular complexity index is 809. The van der Waals surface area contributed by atoms with Gasteiger partial charge in [-0.05, 0) is 30.3 Å². The van der Waals surface area contributed by atoms with Crippen LogP contribution in [0.15, 0.2) is 18.2 Å². The topological polar surface area (TPSA) is 59.1 Å². The zero-order valence-corrected chi connectivity index (χ0v) is 16.0. The number of nitrogens with zero attached hydrogens (tertiary/aromatic N) is 2. The van der Waals surface area contributed by atoms with Crippen molar-refractivity contribution >= 4 is 32.9 Å². The van der Waals surface area contributed by atoms with E-state index in [1.54, 1.807) is 0 Å². The maximum atomic E-state index is 12.3. The second-order valence-corrected chi connectivity index (χ2v) is 9.76. The van der Waals surface area contributed by atoms with Gasteiger partial charge in [-0.25, -0.2) is 8.42 Å². The molecule has 0 spiro atoms. The van der Waals surface area contributed by atoms with E-state index < -0.39 is 9.84 Å². The van der Waals surface area contributed by atoms with Crippen molar-refractivity contribution < 1.29 is 17.9 Å². The van der Waals surface area contributed by atoms with Gasteiger partial charge in [-0.2, -0.15) is 0 Å². The molecule has 0 saturated carbocycles. The van der Waals surface area contributed by atoms with Crippen LogP contribution in [0.25, 0.3) is 0 Å². The fourth-order valence-corrected chi connectivity index (χ4v) is 6.27. The van der Waals surface area contributed by atoms with Gasteiger partial charge >= 0.3 is 0 Å². The van der Waals surface area contributed by atoms with E-state index in [4.69, 9.17) is 21.7 Å². The summed E-state index contributed by atoms with van der Waals surface area (Å²) in [4.78, 5) is 4.08. The monoisotopic (exact) mass is 382 g/mol. The summed E-state index contributed by atoms with van der Waals surface area (Å²) in [5, 5.41) is 0.704. The number of sulfone groups is 1. The lowest BCUT2D eigenvalue weighted by Gasteiger charge is -2.28. The van der Waals surface area contributed by atoms with Crippen LogP contribution in [0.5, 0.6) is 11.5 Å². The fourth-order valence-electron chi connectivity index (χ4n) is 3.87. The third kappa shape index (κ3) is 2.95. The molecule has 2 saturated heterocycles. The average molecular weight is 383 g/mol. The van der Waals surface area contributed by atoms with Crippen LogP contribution in [0.2, 0.25) is 0 Å². The van der Waals surface area contributed by atoms with Crippen LogP contribution in [0.3, 0.4) is 0 Å². The van der Waals surface area contributed by atoms with Gasteiger partial charge in [0.2, 0.25) is 0 Å². The molecule has 4 rings (SSSR count). The van der Waals surface area contributed by atoms with Crippen LogP contribution in [0.1, 0.15) is 13.8 Å². The van der Waals surface area contributed by atoms with Crippen molar-refractivity contribution in [3.8, 4) is 11.5 Å². The maximum absolute atomic E-state index is 12.3. The molecule has 6 nitrogen and oxygen atoms in total. The third-order valence-corrected chi connectivity index (χ3v) is 6.97. The minimum Gasteiger partial charge on any atom is -0.486 e. The SMILES string of the molecule is CC(C)CN1C(=S)N(c2ccc3c(c2)OCCO3)[C@@H]2CS(=O)(=O)C[C@@H]21. The molecular formula is C17H22N2O4S2. The molecule has 8 heteroatoms. The van der Waals surface area contributed by atoms with Gasteiger partial charge in [-0.1, -0.05) is 13.8 Å². The van der Waals surface area contributed by atoms with Crippen molar-refractivity contribution in [3.05, 3.63) is 18.2 Å². The molecule has 0 amide bonds. The predicted molar refractivity (Wildman–Crippen MR) is 100 cm³/mol. The summed E-state index contributed by atoms with van der Waals surface area (Å²) in [6, 6.07) is 5.49. The molecule has 0 N–H and O–H groups in total. The minimum atomic E-state index is -3.05. The Labute approximate surface area is 153 Å². The summed E-state index contributed by atoms with van der Waals surface area (Å²) in [6.45, 7) is 6.05. The van der Waals surface area contributed by atoms with Crippen molar-refractivity contribution in [3.63, 3.8) is 0 Å². The Kier molecular flexibility index (Phi) is 4.07.